The van der Waals surface area contributed by atoms with Gasteiger partial charge in [0.25, 0.3) is 0 Å². The van der Waals surface area contributed by atoms with Gasteiger partial charge in [-0.2, -0.15) is 0 Å². The van der Waals surface area contributed by atoms with Crippen LogP contribution in [0.2, 0.25) is 5.02 Å². The fourth-order valence-corrected chi connectivity index (χ4v) is 2.96. The van der Waals surface area contributed by atoms with Crippen LogP contribution >= 0.6 is 11.6 Å². The third-order valence-corrected chi connectivity index (χ3v) is 4.77. The summed E-state index contributed by atoms with van der Waals surface area (Å²) in [6.45, 7) is 1.63. The van der Waals surface area contributed by atoms with Crippen LogP contribution in [0.1, 0.15) is 12.8 Å². The Morgan fingerprint density at radius 3 is 2.60 bits per heavy atom. The number of halogens is 1. The van der Waals surface area contributed by atoms with Crippen LogP contribution in [0.15, 0.2) is 23.1 Å². The SMILES string of the molecule is CS(=O)(=O)c1ccc(Cl)c(NC(=O)C2CCNCC2)c1. The van der Waals surface area contributed by atoms with Crippen molar-refractivity contribution >= 4 is 33.0 Å². The first-order valence-corrected chi connectivity index (χ1v) is 8.66. The topological polar surface area (TPSA) is 75.3 Å². The van der Waals surface area contributed by atoms with E-state index in [0.717, 1.165) is 32.2 Å². The van der Waals surface area contributed by atoms with Crippen molar-refractivity contribution in [3.05, 3.63) is 23.2 Å². The molecule has 1 aliphatic heterocycles. The predicted molar refractivity (Wildman–Crippen MR) is 78.8 cm³/mol. The van der Waals surface area contributed by atoms with E-state index in [1.54, 1.807) is 0 Å². The van der Waals surface area contributed by atoms with E-state index in [1.807, 2.05) is 0 Å². The lowest BCUT2D eigenvalue weighted by Crippen LogP contribution is -2.34. The zero-order chi connectivity index (χ0) is 14.8. The number of carbonyl (C=O) groups is 1. The number of sulfone groups is 1. The number of carbonyl (C=O) groups excluding carboxylic acids is 1. The number of amides is 1. The summed E-state index contributed by atoms with van der Waals surface area (Å²) < 4.78 is 23.0. The Bertz CT molecular complexity index is 610. The first-order chi connectivity index (χ1) is 9.38. The van der Waals surface area contributed by atoms with E-state index in [-0.39, 0.29) is 16.7 Å². The van der Waals surface area contributed by atoms with Crippen LogP contribution in [-0.4, -0.2) is 33.7 Å². The van der Waals surface area contributed by atoms with Crippen molar-refractivity contribution < 1.29 is 13.2 Å². The second-order valence-corrected chi connectivity index (χ2v) is 7.35. The number of hydrogen-bond donors (Lipinski definition) is 2. The van der Waals surface area contributed by atoms with E-state index < -0.39 is 9.84 Å². The fraction of sp³-hybridized carbons (Fsp3) is 0.462. The van der Waals surface area contributed by atoms with Crippen molar-refractivity contribution in [1.29, 1.82) is 0 Å². The van der Waals surface area contributed by atoms with Crippen molar-refractivity contribution in [2.24, 2.45) is 5.92 Å². The molecule has 2 N–H and O–H groups in total. The molecule has 2 rings (SSSR count). The molecule has 1 aromatic rings. The van der Waals surface area contributed by atoms with Gasteiger partial charge in [-0.25, -0.2) is 8.42 Å². The lowest BCUT2D eigenvalue weighted by molar-refractivity contribution is -0.120. The maximum Gasteiger partial charge on any atom is 0.227 e. The van der Waals surface area contributed by atoms with Crippen molar-refractivity contribution in [1.82, 2.24) is 5.32 Å². The maximum absolute atomic E-state index is 12.1. The lowest BCUT2D eigenvalue weighted by atomic mass is 9.97. The van der Waals surface area contributed by atoms with Gasteiger partial charge >= 0.3 is 0 Å². The number of hydrogen-bond acceptors (Lipinski definition) is 4. The third kappa shape index (κ3) is 3.71. The van der Waals surface area contributed by atoms with Gasteiger partial charge in [-0.15, -0.1) is 0 Å². The second-order valence-electron chi connectivity index (χ2n) is 4.93. The van der Waals surface area contributed by atoms with Crippen LogP contribution in [0, 0.1) is 5.92 Å². The number of anilines is 1. The smallest absolute Gasteiger partial charge is 0.227 e. The molecule has 1 amide bonds. The fourth-order valence-electron chi connectivity index (χ4n) is 2.15. The summed E-state index contributed by atoms with van der Waals surface area (Å²) in [5, 5.41) is 6.25. The van der Waals surface area contributed by atoms with Crippen LogP contribution < -0.4 is 10.6 Å². The van der Waals surface area contributed by atoms with E-state index in [0.29, 0.717) is 10.7 Å². The summed E-state index contributed by atoms with van der Waals surface area (Å²) in [7, 11) is -3.32. The molecule has 5 nitrogen and oxygen atoms in total. The molecule has 0 saturated carbocycles. The van der Waals surface area contributed by atoms with Crippen LogP contribution in [-0.2, 0) is 14.6 Å². The Kier molecular flexibility index (Phi) is 4.67. The summed E-state index contributed by atoms with van der Waals surface area (Å²) in [4.78, 5) is 12.3. The molecule has 1 aromatic carbocycles. The van der Waals surface area contributed by atoms with E-state index in [9.17, 15) is 13.2 Å². The van der Waals surface area contributed by atoms with Gasteiger partial charge in [-0.1, -0.05) is 11.6 Å². The Morgan fingerprint density at radius 2 is 2.00 bits per heavy atom. The summed E-state index contributed by atoms with van der Waals surface area (Å²) >= 11 is 6.01. The first-order valence-electron chi connectivity index (χ1n) is 6.39. The Hall–Kier alpha value is -1.11. The molecule has 1 fully saturated rings. The molecule has 7 heteroatoms. The second kappa shape index (κ2) is 6.11. The summed E-state index contributed by atoms with van der Waals surface area (Å²) in [6.07, 6.45) is 2.67. The van der Waals surface area contributed by atoms with Crippen LogP contribution in [0.3, 0.4) is 0 Å². The lowest BCUT2D eigenvalue weighted by Gasteiger charge is -2.22. The van der Waals surface area contributed by atoms with E-state index in [1.165, 1.54) is 18.2 Å². The zero-order valence-electron chi connectivity index (χ0n) is 11.1. The van der Waals surface area contributed by atoms with E-state index in [2.05, 4.69) is 10.6 Å². The summed E-state index contributed by atoms with van der Waals surface area (Å²) in [6, 6.07) is 4.31. The maximum atomic E-state index is 12.1. The van der Waals surface area contributed by atoms with Gasteiger partial charge in [0.2, 0.25) is 5.91 Å². The monoisotopic (exact) mass is 316 g/mol. The van der Waals surface area contributed by atoms with Crippen molar-refractivity contribution in [3.63, 3.8) is 0 Å². The van der Waals surface area contributed by atoms with Gasteiger partial charge in [0, 0.05) is 12.2 Å². The van der Waals surface area contributed by atoms with Gasteiger partial charge in [0.05, 0.1) is 15.6 Å². The van der Waals surface area contributed by atoms with Gasteiger partial charge in [-0.05, 0) is 44.1 Å². The van der Waals surface area contributed by atoms with E-state index in [4.69, 9.17) is 11.6 Å². The Balaban J connectivity index is 2.18. The Morgan fingerprint density at radius 1 is 1.35 bits per heavy atom. The molecule has 0 aliphatic carbocycles. The van der Waals surface area contributed by atoms with Crippen LogP contribution in [0.25, 0.3) is 0 Å². The van der Waals surface area contributed by atoms with Gasteiger partial charge in [-0.3, -0.25) is 4.79 Å². The van der Waals surface area contributed by atoms with Gasteiger partial charge in [0.15, 0.2) is 9.84 Å². The van der Waals surface area contributed by atoms with Crippen LogP contribution in [0.4, 0.5) is 5.69 Å². The molecule has 0 spiro atoms. The third-order valence-electron chi connectivity index (χ3n) is 3.33. The summed E-state index contributed by atoms with van der Waals surface area (Å²) in [5.41, 5.74) is 0.345. The van der Waals surface area contributed by atoms with Crippen molar-refractivity contribution in [2.45, 2.75) is 17.7 Å². The number of piperidine rings is 1. The molecule has 0 radical (unpaired) electrons. The highest BCUT2D eigenvalue weighted by atomic mass is 35.5. The van der Waals surface area contributed by atoms with Gasteiger partial charge in [0.1, 0.15) is 0 Å². The van der Waals surface area contributed by atoms with Crippen molar-refractivity contribution in [3.8, 4) is 0 Å². The molecule has 1 saturated heterocycles. The number of rotatable bonds is 3. The predicted octanol–water partition coefficient (Wildman–Crippen LogP) is 1.68. The highest BCUT2D eigenvalue weighted by molar-refractivity contribution is 7.90. The average Bonchev–Trinajstić information content (AvgIpc) is 2.41. The Labute approximate surface area is 123 Å². The normalized spacial score (nSPS) is 16.9. The molecule has 0 bridgehead atoms. The highest BCUT2D eigenvalue weighted by Crippen LogP contribution is 2.26. The minimum absolute atomic E-state index is 0.0609. The number of benzene rings is 1. The van der Waals surface area contributed by atoms with Crippen LogP contribution in [0.5, 0.6) is 0 Å². The minimum atomic E-state index is -3.32. The molecular weight excluding hydrogens is 300 g/mol. The van der Waals surface area contributed by atoms with Crippen molar-refractivity contribution in [2.75, 3.05) is 24.7 Å². The average molecular weight is 317 g/mol. The molecule has 1 heterocycles. The highest BCUT2D eigenvalue weighted by Gasteiger charge is 2.22. The number of nitrogens with one attached hydrogen (secondary N) is 2. The molecule has 20 heavy (non-hydrogen) atoms. The minimum Gasteiger partial charge on any atom is -0.324 e. The molecule has 0 unspecified atom stereocenters. The molecule has 0 aromatic heterocycles. The molecule has 0 atom stereocenters. The summed E-state index contributed by atoms with van der Waals surface area (Å²) in [5.74, 6) is -0.173. The zero-order valence-corrected chi connectivity index (χ0v) is 12.7. The largest absolute Gasteiger partial charge is 0.324 e. The first kappa shape index (κ1) is 15.3. The standard InChI is InChI=1S/C13H17ClN2O3S/c1-20(18,19)10-2-3-11(14)12(8-10)16-13(17)9-4-6-15-7-5-9/h2-3,8-9,15H,4-7H2,1H3,(H,16,17). The quantitative estimate of drug-likeness (QED) is 0.889. The molecular formula is C13H17ClN2O3S. The van der Waals surface area contributed by atoms with Gasteiger partial charge < -0.3 is 10.6 Å². The van der Waals surface area contributed by atoms with E-state index >= 15 is 0 Å². The molecule has 1 aliphatic rings. The molecule has 110 valence electrons.